The number of ether oxygens (including phenoxy) is 1. The summed E-state index contributed by atoms with van der Waals surface area (Å²) in [5.41, 5.74) is -3.88. The number of hydrogen-bond acceptors (Lipinski definition) is 11. The summed E-state index contributed by atoms with van der Waals surface area (Å²) in [7, 11) is 0. The molecule has 2 aromatic carbocycles. The molecule has 0 spiro atoms. The van der Waals surface area contributed by atoms with E-state index in [0.29, 0.717) is 0 Å². The van der Waals surface area contributed by atoms with Crippen LogP contribution in [0.5, 0.6) is 23.0 Å². The molecule has 3 aromatic rings. The van der Waals surface area contributed by atoms with E-state index in [9.17, 15) is 45.6 Å². The molecule has 1 aliphatic heterocycles. The van der Waals surface area contributed by atoms with Crippen LogP contribution in [0.4, 0.5) is 0 Å². The molecule has 1 fully saturated rings. The number of aromatic hydroxyl groups is 4. The van der Waals surface area contributed by atoms with Gasteiger partial charge in [-0.3, -0.25) is 4.79 Å². The van der Waals surface area contributed by atoms with Gasteiger partial charge in [-0.25, -0.2) is 0 Å². The van der Waals surface area contributed by atoms with E-state index in [1.54, 1.807) is 0 Å². The Bertz CT molecular complexity index is 1250. The van der Waals surface area contributed by atoms with Crippen LogP contribution in [0.25, 0.3) is 21.9 Å². The van der Waals surface area contributed by atoms with Crippen LogP contribution in [-0.2, 0) is 4.74 Å². The Labute approximate surface area is 173 Å². The summed E-state index contributed by atoms with van der Waals surface area (Å²) in [6.45, 7) is 0.345. The Morgan fingerprint density at radius 1 is 0.968 bits per heavy atom. The Morgan fingerprint density at radius 2 is 1.58 bits per heavy atom. The second kappa shape index (κ2) is 6.97. The van der Waals surface area contributed by atoms with Crippen LogP contribution in [0.3, 0.4) is 0 Å². The molecule has 0 aliphatic carbocycles. The van der Waals surface area contributed by atoms with Gasteiger partial charge in [0.2, 0.25) is 5.43 Å². The average Bonchev–Trinajstić information content (AvgIpc) is 2.69. The molecular formula is C20H20O11. The summed E-state index contributed by atoms with van der Waals surface area (Å²) in [6.07, 6.45) is -6.56. The first-order chi connectivity index (χ1) is 14.5. The molecule has 0 saturated carbocycles. The Balaban J connectivity index is 1.99. The molecule has 2 heterocycles. The topological polar surface area (TPSA) is 201 Å². The summed E-state index contributed by atoms with van der Waals surface area (Å²) >= 11 is 0. The Morgan fingerprint density at radius 3 is 2.23 bits per heavy atom. The van der Waals surface area contributed by atoms with Crippen molar-refractivity contribution < 1.29 is 50.0 Å². The molecule has 0 amide bonds. The average molecular weight is 436 g/mol. The Hall–Kier alpha value is -3.09. The van der Waals surface area contributed by atoms with Gasteiger partial charge in [-0.1, -0.05) is 0 Å². The Kier molecular flexibility index (Phi) is 4.76. The van der Waals surface area contributed by atoms with Gasteiger partial charge in [0.25, 0.3) is 0 Å². The van der Waals surface area contributed by atoms with Gasteiger partial charge in [-0.05, 0) is 13.0 Å². The lowest BCUT2D eigenvalue weighted by Gasteiger charge is -2.46. The first-order valence-electron chi connectivity index (χ1n) is 9.21. The lowest BCUT2D eigenvalue weighted by Crippen LogP contribution is -2.62. The molecule has 5 unspecified atom stereocenters. The van der Waals surface area contributed by atoms with Gasteiger partial charge in [0.15, 0.2) is 11.5 Å². The molecule has 31 heavy (non-hydrogen) atoms. The minimum atomic E-state index is -2.19. The smallest absolute Gasteiger partial charge is 0.204 e. The summed E-state index contributed by atoms with van der Waals surface area (Å²) < 4.78 is 10.9. The molecule has 166 valence electrons. The van der Waals surface area contributed by atoms with Crippen LogP contribution in [-0.4, -0.2) is 71.4 Å². The van der Waals surface area contributed by atoms with Crippen LogP contribution >= 0.6 is 0 Å². The number of hydrogen-bond donors (Lipinski definition) is 8. The number of phenols is 4. The summed E-state index contributed by atoms with van der Waals surface area (Å²) in [4.78, 5) is 13.0. The maximum atomic E-state index is 13.0. The SMILES string of the molecule is CC1(O)C(O)C(CO)OC(c2c(O)cc3oc4cc(O)c(O)cc4c(=O)c3c2O)C1O. The van der Waals surface area contributed by atoms with Crippen molar-refractivity contribution >= 4 is 21.9 Å². The first-order valence-corrected chi connectivity index (χ1v) is 9.21. The monoisotopic (exact) mass is 436 g/mol. The van der Waals surface area contributed by atoms with Crippen molar-refractivity contribution in [2.75, 3.05) is 6.61 Å². The highest BCUT2D eigenvalue weighted by atomic mass is 16.5. The number of rotatable bonds is 2. The predicted molar refractivity (Wildman–Crippen MR) is 104 cm³/mol. The fourth-order valence-electron chi connectivity index (χ4n) is 3.86. The number of benzene rings is 2. The van der Waals surface area contributed by atoms with Crippen molar-refractivity contribution in [3.05, 3.63) is 34.0 Å². The number of fused-ring (bicyclic) bond motifs is 2. The van der Waals surface area contributed by atoms with Crippen LogP contribution in [0.2, 0.25) is 0 Å². The molecule has 8 N–H and O–H groups in total. The van der Waals surface area contributed by atoms with E-state index in [1.165, 1.54) is 0 Å². The number of aliphatic hydroxyl groups is 4. The van der Waals surface area contributed by atoms with E-state index < -0.39 is 76.0 Å². The van der Waals surface area contributed by atoms with E-state index in [4.69, 9.17) is 9.15 Å². The van der Waals surface area contributed by atoms with Gasteiger partial charge in [-0.2, -0.15) is 0 Å². The molecule has 1 aliphatic rings. The van der Waals surface area contributed by atoms with Crippen molar-refractivity contribution in [2.45, 2.75) is 36.9 Å². The normalized spacial score (nSPS) is 28.9. The van der Waals surface area contributed by atoms with Gasteiger partial charge in [-0.15, -0.1) is 0 Å². The molecule has 0 bridgehead atoms. The highest BCUT2D eigenvalue weighted by molar-refractivity contribution is 5.96. The van der Waals surface area contributed by atoms with Gasteiger partial charge in [0.1, 0.15) is 58.1 Å². The zero-order chi connectivity index (χ0) is 22.8. The van der Waals surface area contributed by atoms with Crippen LogP contribution < -0.4 is 5.43 Å². The second-order valence-electron chi connectivity index (χ2n) is 7.69. The van der Waals surface area contributed by atoms with E-state index in [2.05, 4.69) is 0 Å². The van der Waals surface area contributed by atoms with Gasteiger partial charge >= 0.3 is 0 Å². The lowest BCUT2D eigenvalue weighted by atomic mass is 9.80. The highest BCUT2D eigenvalue weighted by Gasteiger charge is 2.53. The van der Waals surface area contributed by atoms with E-state index in [0.717, 1.165) is 25.1 Å². The fourth-order valence-corrected chi connectivity index (χ4v) is 3.86. The quantitative estimate of drug-likeness (QED) is 0.193. The maximum Gasteiger partial charge on any atom is 0.204 e. The largest absolute Gasteiger partial charge is 0.507 e. The summed E-state index contributed by atoms with van der Waals surface area (Å²) in [5.74, 6) is -2.64. The molecule has 5 atom stereocenters. The van der Waals surface area contributed by atoms with Crippen molar-refractivity contribution in [1.82, 2.24) is 0 Å². The van der Waals surface area contributed by atoms with E-state index >= 15 is 0 Å². The van der Waals surface area contributed by atoms with Crippen LogP contribution in [0.1, 0.15) is 18.6 Å². The minimum absolute atomic E-state index is 0.125. The van der Waals surface area contributed by atoms with Crippen LogP contribution in [0.15, 0.2) is 27.4 Å². The van der Waals surface area contributed by atoms with Gasteiger partial charge in [0.05, 0.1) is 17.6 Å². The fraction of sp³-hybridized carbons (Fsp3) is 0.350. The molecule has 1 saturated heterocycles. The summed E-state index contributed by atoms with van der Waals surface area (Å²) in [6, 6.07) is 2.90. The molecule has 1 aromatic heterocycles. The standard InChI is InChI=1S/C20H20O11/c1-20(29)18(27)12(5-21)31-17(19(20)28)13-9(24)4-11-14(16(13)26)15(25)6-2-7(22)8(23)3-10(6)30-11/h2-4,12,17-19,21-24,26-29H,5H2,1H3. The van der Waals surface area contributed by atoms with E-state index in [-0.39, 0.29) is 16.6 Å². The van der Waals surface area contributed by atoms with Gasteiger partial charge < -0.3 is 50.0 Å². The van der Waals surface area contributed by atoms with Crippen LogP contribution in [0, 0.1) is 0 Å². The van der Waals surface area contributed by atoms with E-state index in [1.807, 2.05) is 0 Å². The molecule has 0 radical (unpaired) electrons. The zero-order valence-corrected chi connectivity index (χ0v) is 16.1. The van der Waals surface area contributed by atoms with Crippen molar-refractivity contribution in [3.8, 4) is 23.0 Å². The lowest BCUT2D eigenvalue weighted by molar-refractivity contribution is -0.271. The highest BCUT2D eigenvalue weighted by Crippen LogP contribution is 2.47. The third-order valence-electron chi connectivity index (χ3n) is 5.67. The maximum absolute atomic E-state index is 13.0. The van der Waals surface area contributed by atoms with Crippen molar-refractivity contribution in [1.29, 1.82) is 0 Å². The third kappa shape index (κ3) is 2.98. The first kappa shape index (κ1) is 21.2. The number of phenolic OH excluding ortho intramolecular Hbond substituents is 4. The number of aliphatic hydroxyl groups excluding tert-OH is 3. The predicted octanol–water partition coefficient (Wildman–Crippen LogP) is -0.326. The minimum Gasteiger partial charge on any atom is -0.507 e. The van der Waals surface area contributed by atoms with Crippen molar-refractivity contribution in [3.63, 3.8) is 0 Å². The summed E-state index contributed by atoms with van der Waals surface area (Å²) in [5, 5.41) is 80.7. The molecule has 11 nitrogen and oxygen atoms in total. The second-order valence-corrected chi connectivity index (χ2v) is 7.69. The van der Waals surface area contributed by atoms with Crippen molar-refractivity contribution in [2.24, 2.45) is 0 Å². The van der Waals surface area contributed by atoms with Gasteiger partial charge in [0, 0.05) is 12.1 Å². The molecule has 11 heteroatoms. The molecular weight excluding hydrogens is 416 g/mol. The third-order valence-corrected chi connectivity index (χ3v) is 5.67. The molecule has 4 rings (SSSR count). The zero-order valence-electron chi connectivity index (χ0n) is 16.1.